The van der Waals surface area contributed by atoms with Crippen molar-refractivity contribution in [3.8, 4) is 0 Å². The lowest BCUT2D eigenvalue weighted by Crippen LogP contribution is -2.45. The molecule has 0 bridgehead atoms. The molecule has 1 aliphatic heterocycles. The highest BCUT2D eigenvalue weighted by atomic mass is 16.1. The number of ketones is 1. The molecule has 0 aliphatic carbocycles. The van der Waals surface area contributed by atoms with E-state index >= 15 is 0 Å². The Morgan fingerprint density at radius 1 is 1.53 bits per heavy atom. The van der Waals surface area contributed by atoms with E-state index in [1.165, 1.54) is 0 Å². The van der Waals surface area contributed by atoms with Gasteiger partial charge in [0.2, 0.25) is 0 Å². The molecule has 2 heterocycles. The van der Waals surface area contributed by atoms with E-state index in [0.717, 1.165) is 26.2 Å². The van der Waals surface area contributed by atoms with Crippen LogP contribution in [0.5, 0.6) is 0 Å². The van der Waals surface area contributed by atoms with Gasteiger partial charge in [-0.15, -0.1) is 0 Å². The van der Waals surface area contributed by atoms with E-state index in [1.807, 2.05) is 7.05 Å². The van der Waals surface area contributed by atoms with Crippen LogP contribution in [0.25, 0.3) is 0 Å². The molecule has 15 heavy (non-hydrogen) atoms. The van der Waals surface area contributed by atoms with Crippen LogP contribution in [-0.4, -0.2) is 53.2 Å². The summed E-state index contributed by atoms with van der Waals surface area (Å²) in [5, 5.41) is 7.36. The Balaban J connectivity index is 1.91. The zero-order valence-electron chi connectivity index (χ0n) is 8.94. The molecule has 1 fully saturated rings. The number of nitrogens with one attached hydrogen (secondary N) is 1. The van der Waals surface area contributed by atoms with Gasteiger partial charge in [-0.2, -0.15) is 5.10 Å². The molecule has 0 amide bonds. The summed E-state index contributed by atoms with van der Waals surface area (Å²) in [6.07, 6.45) is 1.80. The highest BCUT2D eigenvalue weighted by molar-refractivity contribution is 5.95. The van der Waals surface area contributed by atoms with Gasteiger partial charge in [0.15, 0.2) is 5.78 Å². The predicted molar refractivity (Wildman–Crippen MR) is 56.8 cm³/mol. The number of carbonyl (C=O) groups excluding carboxylic acids is 1. The van der Waals surface area contributed by atoms with Gasteiger partial charge in [-0.1, -0.05) is 0 Å². The molecule has 1 N–H and O–H groups in total. The summed E-state index contributed by atoms with van der Waals surface area (Å²) in [5.74, 6) is 0.109. The molecule has 1 aromatic heterocycles. The minimum Gasteiger partial charge on any atom is -0.314 e. The minimum absolute atomic E-state index is 0.109. The first kappa shape index (κ1) is 10.3. The number of carbonyl (C=O) groups is 1. The van der Waals surface area contributed by atoms with Crippen molar-refractivity contribution in [1.82, 2.24) is 20.0 Å². The van der Waals surface area contributed by atoms with Crippen molar-refractivity contribution < 1.29 is 4.79 Å². The van der Waals surface area contributed by atoms with E-state index in [9.17, 15) is 4.79 Å². The van der Waals surface area contributed by atoms with Gasteiger partial charge in [-0.05, 0) is 6.07 Å². The SMILES string of the molecule is Cn1ccc(C(=O)CN2CCNCC2)n1. The van der Waals surface area contributed by atoms with Crippen LogP contribution >= 0.6 is 0 Å². The molecule has 1 saturated heterocycles. The predicted octanol–water partition coefficient (Wildman–Crippen LogP) is -0.492. The largest absolute Gasteiger partial charge is 0.314 e. The zero-order chi connectivity index (χ0) is 10.7. The zero-order valence-corrected chi connectivity index (χ0v) is 8.94. The summed E-state index contributed by atoms with van der Waals surface area (Å²) in [6, 6.07) is 1.77. The minimum atomic E-state index is 0.109. The van der Waals surface area contributed by atoms with E-state index in [1.54, 1.807) is 16.9 Å². The van der Waals surface area contributed by atoms with Crippen molar-refractivity contribution in [1.29, 1.82) is 0 Å². The lowest BCUT2D eigenvalue weighted by atomic mass is 10.2. The third-order valence-corrected chi connectivity index (χ3v) is 2.58. The summed E-state index contributed by atoms with van der Waals surface area (Å²) in [7, 11) is 1.82. The topological polar surface area (TPSA) is 50.2 Å². The Labute approximate surface area is 89.1 Å². The Morgan fingerprint density at radius 3 is 2.87 bits per heavy atom. The molecule has 1 aromatic rings. The molecular weight excluding hydrogens is 192 g/mol. The van der Waals surface area contributed by atoms with Crippen LogP contribution in [0.1, 0.15) is 10.5 Å². The van der Waals surface area contributed by atoms with Crippen molar-refractivity contribution in [3.63, 3.8) is 0 Å². The van der Waals surface area contributed by atoms with Gasteiger partial charge in [0, 0.05) is 39.4 Å². The van der Waals surface area contributed by atoms with Gasteiger partial charge in [-0.3, -0.25) is 14.4 Å². The quantitative estimate of drug-likeness (QED) is 0.681. The number of Topliss-reactive ketones (excluding diaryl/α,β-unsaturated/α-hetero) is 1. The maximum absolute atomic E-state index is 11.8. The van der Waals surface area contributed by atoms with Gasteiger partial charge in [0.1, 0.15) is 5.69 Å². The molecule has 5 heteroatoms. The summed E-state index contributed by atoms with van der Waals surface area (Å²) < 4.78 is 1.66. The fraction of sp³-hybridized carbons (Fsp3) is 0.600. The molecule has 0 unspecified atom stereocenters. The number of aromatic nitrogens is 2. The Bertz CT molecular complexity index is 341. The summed E-state index contributed by atoms with van der Waals surface area (Å²) in [6.45, 7) is 4.31. The van der Waals surface area contributed by atoms with Gasteiger partial charge in [0.05, 0.1) is 6.54 Å². The van der Waals surface area contributed by atoms with Gasteiger partial charge in [0.25, 0.3) is 0 Å². The van der Waals surface area contributed by atoms with Crippen LogP contribution in [0.4, 0.5) is 0 Å². The van der Waals surface area contributed by atoms with E-state index in [-0.39, 0.29) is 5.78 Å². The molecular formula is C10H16N4O. The molecule has 2 rings (SSSR count). The molecule has 0 radical (unpaired) electrons. The average Bonchev–Trinajstić information content (AvgIpc) is 2.66. The number of hydrogen-bond acceptors (Lipinski definition) is 4. The van der Waals surface area contributed by atoms with E-state index < -0.39 is 0 Å². The Morgan fingerprint density at radius 2 is 2.27 bits per heavy atom. The summed E-state index contributed by atoms with van der Waals surface area (Å²) in [5.41, 5.74) is 0.566. The van der Waals surface area contributed by atoms with Crippen molar-refractivity contribution >= 4 is 5.78 Å². The van der Waals surface area contributed by atoms with Crippen LogP contribution in [0.3, 0.4) is 0 Å². The van der Waals surface area contributed by atoms with Gasteiger partial charge < -0.3 is 5.32 Å². The summed E-state index contributed by atoms with van der Waals surface area (Å²) >= 11 is 0. The molecule has 5 nitrogen and oxygen atoms in total. The lowest BCUT2D eigenvalue weighted by Gasteiger charge is -2.25. The first-order valence-electron chi connectivity index (χ1n) is 5.21. The summed E-state index contributed by atoms with van der Waals surface area (Å²) in [4.78, 5) is 13.9. The maximum Gasteiger partial charge on any atom is 0.196 e. The number of aryl methyl sites for hydroxylation is 1. The number of nitrogens with zero attached hydrogens (tertiary/aromatic N) is 3. The highest BCUT2D eigenvalue weighted by Gasteiger charge is 2.16. The van der Waals surface area contributed by atoms with Crippen molar-refractivity contribution in [2.24, 2.45) is 7.05 Å². The molecule has 1 aliphatic rings. The van der Waals surface area contributed by atoms with E-state index in [4.69, 9.17) is 0 Å². The Hall–Kier alpha value is -1.20. The van der Waals surface area contributed by atoms with Crippen molar-refractivity contribution in [2.75, 3.05) is 32.7 Å². The van der Waals surface area contributed by atoms with Gasteiger partial charge >= 0.3 is 0 Å². The first-order valence-corrected chi connectivity index (χ1v) is 5.21. The van der Waals surface area contributed by atoms with Crippen LogP contribution < -0.4 is 5.32 Å². The second-order valence-electron chi connectivity index (χ2n) is 3.82. The first-order chi connectivity index (χ1) is 7.25. The molecule has 0 aromatic carbocycles. The average molecular weight is 208 g/mol. The van der Waals surface area contributed by atoms with Crippen molar-refractivity contribution in [2.45, 2.75) is 0 Å². The normalized spacial score (nSPS) is 17.9. The monoisotopic (exact) mass is 208 g/mol. The fourth-order valence-corrected chi connectivity index (χ4v) is 1.72. The maximum atomic E-state index is 11.8. The van der Waals surface area contributed by atoms with Crippen LogP contribution in [0, 0.1) is 0 Å². The second-order valence-corrected chi connectivity index (χ2v) is 3.82. The standard InChI is InChI=1S/C10H16N4O/c1-13-5-2-9(12-13)10(15)8-14-6-3-11-4-7-14/h2,5,11H,3-4,6-8H2,1H3. The number of piperazine rings is 1. The number of rotatable bonds is 3. The van der Waals surface area contributed by atoms with Crippen LogP contribution in [0.2, 0.25) is 0 Å². The molecule has 0 atom stereocenters. The van der Waals surface area contributed by atoms with Gasteiger partial charge in [-0.25, -0.2) is 0 Å². The Kier molecular flexibility index (Phi) is 3.13. The fourth-order valence-electron chi connectivity index (χ4n) is 1.72. The molecule has 0 saturated carbocycles. The number of hydrogen-bond donors (Lipinski definition) is 1. The van der Waals surface area contributed by atoms with E-state index in [0.29, 0.717) is 12.2 Å². The highest BCUT2D eigenvalue weighted by Crippen LogP contribution is 1.99. The van der Waals surface area contributed by atoms with Crippen LogP contribution in [-0.2, 0) is 7.05 Å². The third-order valence-electron chi connectivity index (χ3n) is 2.58. The van der Waals surface area contributed by atoms with E-state index in [2.05, 4.69) is 15.3 Å². The lowest BCUT2D eigenvalue weighted by molar-refractivity contribution is 0.0916. The molecule has 82 valence electrons. The molecule has 0 spiro atoms. The van der Waals surface area contributed by atoms with Crippen molar-refractivity contribution in [3.05, 3.63) is 18.0 Å². The smallest absolute Gasteiger partial charge is 0.196 e. The third kappa shape index (κ3) is 2.64. The van der Waals surface area contributed by atoms with Crippen LogP contribution in [0.15, 0.2) is 12.3 Å². The second kappa shape index (κ2) is 4.55.